The maximum Gasteiger partial charge on any atom is 0.331 e. The highest BCUT2D eigenvalue weighted by Gasteiger charge is 2.36. The van der Waals surface area contributed by atoms with Crippen molar-refractivity contribution in [1.82, 2.24) is 10.2 Å². The van der Waals surface area contributed by atoms with Gasteiger partial charge in [0.25, 0.3) is 11.8 Å². The maximum absolute atomic E-state index is 13.5. The number of imide groups is 2. The molecule has 3 aromatic rings. The molecule has 1 fully saturated rings. The van der Waals surface area contributed by atoms with E-state index in [1.165, 1.54) is 18.2 Å². The highest BCUT2D eigenvalue weighted by molar-refractivity contribution is 6.36. The van der Waals surface area contributed by atoms with Crippen LogP contribution in [0.4, 0.5) is 4.79 Å². The molecule has 3 aromatic carbocycles. The SMILES string of the molecule is CCCOc1ccc(CN2C(=O)NC(=O)/C(=C\c3cc(Cl)cc(Cl)c3OCc3ccccc3Cl)C2=O)cc1OCC. The number of nitrogens with one attached hydrogen (secondary N) is 1. The minimum absolute atomic E-state index is 0.0715. The molecule has 0 unspecified atom stereocenters. The minimum Gasteiger partial charge on any atom is -0.490 e. The zero-order chi connectivity index (χ0) is 29.5. The lowest BCUT2D eigenvalue weighted by atomic mass is 10.1. The van der Waals surface area contributed by atoms with Crippen LogP contribution in [0.3, 0.4) is 0 Å². The third kappa shape index (κ3) is 7.33. The third-order valence-corrected chi connectivity index (χ3v) is 6.83. The first-order valence-electron chi connectivity index (χ1n) is 12.8. The molecule has 214 valence electrons. The molecule has 0 spiro atoms. The molecule has 0 atom stereocenters. The number of hydrogen-bond acceptors (Lipinski definition) is 6. The number of benzene rings is 3. The average Bonchev–Trinajstić information content (AvgIpc) is 2.93. The van der Waals surface area contributed by atoms with Gasteiger partial charge >= 0.3 is 6.03 Å². The molecule has 11 heteroatoms. The van der Waals surface area contributed by atoms with E-state index in [0.29, 0.717) is 40.9 Å². The Balaban J connectivity index is 1.63. The minimum atomic E-state index is -0.859. The molecule has 0 saturated carbocycles. The Bertz CT molecular complexity index is 1510. The number of hydrogen-bond donors (Lipinski definition) is 1. The van der Waals surface area contributed by atoms with Crippen molar-refractivity contribution in [2.45, 2.75) is 33.4 Å². The number of halogens is 3. The molecule has 0 bridgehead atoms. The van der Waals surface area contributed by atoms with Crippen molar-refractivity contribution in [1.29, 1.82) is 0 Å². The zero-order valence-corrected chi connectivity index (χ0v) is 24.6. The predicted octanol–water partition coefficient (Wildman–Crippen LogP) is 7.08. The number of rotatable bonds is 11. The van der Waals surface area contributed by atoms with E-state index in [0.717, 1.165) is 11.3 Å². The summed E-state index contributed by atoms with van der Waals surface area (Å²) >= 11 is 18.9. The normalized spacial score (nSPS) is 14.3. The van der Waals surface area contributed by atoms with Gasteiger partial charge in [-0.1, -0.05) is 66.0 Å². The fourth-order valence-corrected chi connectivity index (χ4v) is 4.79. The topological polar surface area (TPSA) is 94.2 Å². The Kier molecular flexibility index (Phi) is 10.2. The summed E-state index contributed by atoms with van der Waals surface area (Å²) in [6.07, 6.45) is 2.12. The van der Waals surface area contributed by atoms with Gasteiger partial charge in [0.05, 0.1) is 24.8 Å². The maximum atomic E-state index is 13.5. The quantitative estimate of drug-likeness (QED) is 0.183. The summed E-state index contributed by atoms with van der Waals surface area (Å²) < 4.78 is 17.4. The second-order valence-electron chi connectivity index (χ2n) is 8.96. The van der Waals surface area contributed by atoms with Gasteiger partial charge in [-0.25, -0.2) is 4.79 Å². The molecule has 8 nitrogen and oxygen atoms in total. The second kappa shape index (κ2) is 13.8. The first-order chi connectivity index (χ1) is 19.7. The summed E-state index contributed by atoms with van der Waals surface area (Å²) in [6.45, 7) is 4.71. The molecular weight excluding hydrogens is 591 g/mol. The van der Waals surface area contributed by atoms with Crippen LogP contribution in [0.1, 0.15) is 37.0 Å². The van der Waals surface area contributed by atoms with Crippen LogP contribution in [0.15, 0.2) is 60.2 Å². The standard InChI is InChI=1S/C30H27Cl3N2O6/c1-3-11-40-25-10-9-18(12-26(25)39-4-2)16-35-29(37)22(28(36)34-30(35)38)14-20-13-21(31)15-24(33)27(20)41-17-19-7-5-6-8-23(19)32/h5-10,12-15H,3-4,11,16-17H2,1-2H3,(H,34,36,38)/b22-14+. The number of ether oxygens (including phenoxy) is 3. The zero-order valence-electron chi connectivity index (χ0n) is 22.3. The van der Waals surface area contributed by atoms with Crippen molar-refractivity contribution in [2.24, 2.45) is 0 Å². The van der Waals surface area contributed by atoms with E-state index in [1.807, 2.05) is 19.9 Å². The molecule has 41 heavy (non-hydrogen) atoms. The van der Waals surface area contributed by atoms with Gasteiger partial charge in [-0.2, -0.15) is 0 Å². The van der Waals surface area contributed by atoms with Gasteiger partial charge in [-0.15, -0.1) is 0 Å². The number of amides is 4. The molecule has 1 aliphatic rings. The Morgan fingerprint density at radius 1 is 0.878 bits per heavy atom. The molecule has 4 rings (SSSR count). The number of carbonyl (C=O) groups is 3. The smallest absolute Gasteiger partial charge is 0.331 e. The van der Waals surface area contributed by atoms with Gasteiger partial charge in [0.15, 0.2) is 11.5 Å². The fourth-order valence-electron chi connectivity index (χ4n) is 4.03. The number of nitrogens with zero attached hydrogens (tertiary/aromatic N) is 1. The number of carbonyl (C=O) groups excluding carboxylic acids is 3. The van der Waals surface area contributed by atoms with Crippen molar-refractivity contribution in [3.63, 3.8) is 0 Å². The van der Waals surface area contributed by atoms with Gasteiger partial charge in [0.2, 0.25) is 0 Å². The number of barbiturate groups is 1. The summed E-state index contributed by atoms with van der Waals surface area (Å²) in [4.78, 5) is 39.9. The van der Waals surface area contributed by atoms with Gasteiger partial charge in [-0.3, -0.25) is 19.8 Å². The van der Waals surface area contributed by atoms with Crippen LogP contribution in [-0.4, -0.2) is 36.0 Å². The summed E-state index contributed by atoms with van der Waals surface area (Å²) in [5.41, 5.74) is 1.29. The average molecular weight is 618 g/mol. The Hall–Kier alpha value is -3.72. The first kappa shape index (κ1) is 30.2. The van der Waals surface area contributed by atoms with Gasteiger partial charge in [-0.05, 0) is 55.3 Å². The molecule has 1 aliphatic heterocycles. The summed E-state index contributed by atoms with van der Waals surface area (Å²) in [7, 11) is 0. The fraction of sp³-hybridized carbons (Fsp3) is 0.233. The molecule has 0 radical (unpaired) electrons. The van der Waals surface area contributed by atoms with E-state index in [1.54, 1.807) is 36.4 Å². The molecule has 0 aromatic heterocycles. The van der Waals surface area contributed by atoms with E-state index >= 15 is 0 Å². The molecule has 1 heterocycles. The lowest BCUT2D eigenvalue weighted by Crippen LogP contribution is -2.53. The highest BCUT2D eigenvalue weighted by atomic mass is 35.5. The van der Waals surface area contributed by atoms with Crippen molar-refractivity contribution in [2.75, 3.05) is 13.2 Å². The van der Waals surface area contributed by atoms with Crippen LogP contribution in [0, 0.1) is 0 Å². The second-order valence-corrected chi connectivity index (χ2v) is 10.2. The monoisotopic (exact) mass is 616 g/mol. The van der Waals surface area contributed by atoms with Crippen LogP contribution in [0.5, 0.6) is 17.2 Å². The lowest BCUT2D eigenvalue weighted by Gasteiger charge is -2.27. The molecule has 0 aliphatic carbocycles. The van der Waals surface area contributed by atoms with Crippen molar-refractivity contribution in [3.8, 4) is 17.2 Å². The molecule has 4 amide bonds. The van der Waals surface area contributed by atoms with E-state index in [9.17, 15) is 14.4 Å². The van der Waals surface area contributed by atoms with Crippen LogP contribution < -0.4 is 19.5 Å². The van der Waals surface area contributed by atoms with Gasteiger partial charge in [0.1, 0.15) is 17.9 Å². The lowest BCUT2D eigenvalue weighted by molar-refractivity contribution is -0.130. The first-order valence-corrected chi connectivity index (χ1v) is 14.0. The summed E-state index contributed by atoms with van der Waals surface area (Å²) in [6, 6.07) is 14.4. The van der Waals surface area contributed by atoms with Crippen molar-refractivity contribution >= 4 is 58.7 Å². The van der Waals surface area contributed by atoms with E-state index in [4.69, 9.17) is 49.0 Å². The Labute approximate surface area is 252 Å². The predicted molar refractivity (Wildman–Crippen MR) is 158 cm³/mol. The summed E-state index contributed by atoms with van der Waals surface area (Å²) in [5.74, 6) is -0.413. The number of urea groups is 1. The largest absolute Gasteiger partial charge is 0.490 e. The molecule has 1 N–H and O–H groups in total. The van der Waals surface area contributed by atoms with E-state index in [2.05, 4.69) is 5.32 Å². The Morgan fingerprint density at radius 3 is 2.39 bits per heavy atom. The van der Waals surface area contributed by atoms with Crippen LogP contribution in [0.2, 0.25) is 15.1 Å². The van der Waals surface area contributed by atoms with Gasteiger partial charge < -0.3 is 14.2 Å². The highest BCUT2D eigenvalue weighted by Crippen LogP contribution is 2.36. The summed E-state index contributed by atoms with van der Waals surface area (Å²) in [5, 5.41) is 3.16. The molecular formula is C30H27Cl3N2O6. The molecule has 1 saturated heterocycles. The Morgan fingerprint density at radius 2 is 1.66 bits per heavy atom. The van der Waals surface area contributed by atoms with E-state index < -0.39 is 17.8 Å². The van der Waals surface area contributed by atoms with Crippen molar-refractivity contribution < 1.29 is 28.6 Å². The van der Waals surface area contributed by atoms with Crippen LogP contribution >= 0.6 is 34.8 Å². The third-order valence-electron chi connectivity index (χ3n) is 5.96. The van der Waals surface area contributed by atoms with Crippen LogP contribution in [0.25, 0.3) is 6.08 Å². The van der Waals surface area contributed by atoms with Gasteiger partial charge in [0, 0.05) is 21.2 Å². The van der Waals surface area contributed by atoms with E-state index in [-0.39, 0.29) is 40.1 Å². The van der Waals surface area contributed by atoms with Crippen LogP contribution in [-0.2, 0) is 22.7 Å². The van der Waals surface area contributed by atoms with Crippen molar-refractivity contribution in [3.05, 3.63) is 91.9 Å².